The Morgan fingerprint density at radius 2 is 1.96 bits per heavy atom. The Morgan fingerprint density at radius 1 is 1.28 bits per heavy atom. The Bertz CT molecular complexity index is 843. The molecule has 2 rings (SSSR count). The second-order valence-electron chi connectivity index (χ2n) is 5.81. The number of H-pyrrole nitrogens is 1. The van der Waals surface area contributed by atoms with Crippen LogP contribution in [0.2, 0.25) is 0 Å². The first-order chi connectivity index (χ1) is 11.8. The summed E-state index contributed by atoms with van der Waals surface area (Å²) in [7, 11) is 0. The standard InChI is InChI=1S/C18H23N3O4/c1-7-24-18(23)15-10(3)16(19-11(15)4)12(5)20-21-17(22)14-8-9(2)25-13(14)6/h8,19H,7H2,1-6H3,(H,21,22). The average Bonchev–Trinajstić information content (AvgIpc) is 3.03. The minimum Gasteiger partial charge on any atom is -0.466 e. The molecule has 25 heavy (non-hydrogen) atoms. The second-order valence-corrected chi connectivity index (χ2v) is 5.81. The van der Waals surface area contributed by atoms with Gasteiger partial charge in [-0.1, -0.05) is 0 Å². The molecule has 0 saturated carbocycles. The number of aromatic nitrogens is 1. The monoisotopic (exact) mass is 345 g/mol. The summed E-state index contributed by atoms with van der Waals surface area (Å²) in [5.41, 5.74) is 6.14. The molecule has 1 amide bonds. The van der Waals surface area contributed by atoms with Gasteiger partial charge in [0.05, 0.1) is 29.1 Å². The Morgan fingerprint density at radius 3 is 2.52 bits per heavy atom. The summed E-state index contributed by atoms with van der Waals surface area (Å²) in [6.07, 6.45) is 0. The molecule has 2 N–H and O–H groups in total. The number of carbonyl (C=O) groups is 2. The van der Waals surface area contributed by atoms with Crippen LogP contribution in [0.3, 0.4) is 0 Å². The third-order valence-corrected chi connectivity index (χ3v) is 3.89. The molecule has 7 nitrogen and oxygen atoms in total. The molecule has 134 valence electrons. The van der Waals surface area contributed by atoms with Crippen LogP contribution >= 0.6 is 0 Å². The number of aromatic amines is 1. The minimum absolute atomic E-state index is 0.310. The van der Waals surface area contributed by atoms with E-state index in [9.17, 15) is 9.59 Å². The topological polar surface area (TPSA) is 96.7 Å². The molecule has 0 radical (unpaired) electrons. The van der Waals surface area contributed by atoms with Crippen molar-refractivity contribution in [1.82, 2.24) is 10.4 Å². The summed E-state index contributed by atoms with van der Waals surface area (Å²) in [6.45, 7) is 10.9. The van der Waals surface area contributed by atoms with Crippen molar-refractivity contribution in [3.63, 3.8) is 0 Å². The van der Waals surface area contributed by atoms with Gasteiger partial charge in [0.2, 0.25) is 0 Å². The largest absolute Gasteiger partial charge is 0.466 e. The lowest BCUT2D eigenvalue weighted by Crippen LogP contribution is -2.20. The number of hydrogen-bond donors (Lipinski definition) is 2. The zero-order valence-electron chi connectivity index (χ0n) is 15.4. The van der Waals surface area contributed by atoms with E-state index < -0.39 is 0 Å². The second kappa shape index (κ2) is 7.38. The van der Waals surface area contributed by atoms with Crippen molar-refractivity contribution in [2.75, 3.05) is 6.61 Å². The molecule has 2 aromatic rings. The lowest BCUT2D eigenvalue weighted by molar-refractivity contribution is 0.0524. The molecule has 0 aliphatic carbocycles. The molecule has 0 aliphatic rings. The van der Waals surface area contributed by atoms with Gasteiger partial charge in [-0.25, -0.2) is 10.2 Å². The Kier molecular flexibility index (Phi) is 5.46. The zero-order valence-corrected chi connectivity index (χ0v) is 15.4. The molecule has 2 aromatic heterocycles. The summed E-state index contributed by atoms with van der Waals surface area (Å²) in [6, 6.07) is 1.67. The Labute approximate surface area is 146 Å². The fourth-order valence-corrected chi connectivity index (χ4v) is 2.73. The first-order valence-corrected chi connectivity index (χ1v) is 8.04. The zero-order chi connectivity index (χ0) is 18.7. The van der Waals surface area contributed by atoms with Crippen molar-refractivity contribution < 1.29 is 18.7 Å². The van der Waals surface area contributed by atoms with Gasteiger partial charge in [-0.05, 0) is 53.2 Å². The Hall–Kier alpha value is -2.83. The molecular formula is C18H23N3O4. The number of furan rings is 1. The van der Waals surface area contributed by atoms with Gasteiger partial charge < -0.3 is 14.1 Å². The van der Waals surface area contributed by atoms with Crippen LogP contribution in [0.1, 0.15) is 63.0 Å². The first kappa shape index (κ1) is 18.5. The van der Waals surface area contributed by atoms with E-state index in [1.165, 1.54) is 0 Å². The number of rotatable bonds is 5. The number of aryl methyl sites for hydroxylation is 3. The normalized spacial score (nSPS) is 11.5. The van der Waals surface area contributed by atoms with Crippen LogP contribution < -0.4 is 5.43 Å². The average molecular weight is 345 g/mol. The summed E-state index contributed by atoms with van der Waals surface area (Å²) in [4.78, 5) is 27.4. The van der Waals surface area contributed by atoms with Crippen LogP contribution in [0.4, 0.5) is 0 Å². The molecule has 0 aromatic carbocycles. The number of amides is 1. The Balaban J connectivity index is 2.23. The molecular weight excluding hydrogens is 322 g/mol. The predicted octanol–water partition coefficient (Wildman–Crippen LogP) is 3.17. The number of nitrogens with zero attached hydrogens (tertiary/aromatic N) is 1. The number of carbonyl (C=O) groups excluding carboxylic acids is 2. The molecule has 0 aliphatic heterocycles. The van der Waals surface area contributed by atoms with Gasteiger partial charge in [-0.2, -0.15) is 5.10 Å². The van der Waals surface area contributed by atoms with Gasteiger partial charge in [0.15, 0.2) is 0 Å². The number of hydrazone groups is 1. The number of hydrogen-bond acceptors (Lipinski definition) is 5. The highest BCUT2D eigenvalue weighted by molar-refractivity contribution is 6.04. The van der Waals surface area contributed by atoms with Crippen molar-refractivity contribution in [3.8, 4) is 0 Å². The minimum atomic E-state index is -0.374. The summed E-state index contributed by atoms with van der Waals surface area (Å²) in [5.74, 6) is 0.485. The third-order valence-electron chi connectivity index (χ3n) is 3.89. The van der Waals surface area contributed by atoms with Gasteiger partial charge in [-0.15, -0.1) is 0 Å². The molecule has 0 atom stereocenters. The van der Waals surface area contributed by atoms with E-state index >= 15 is 0 Å². The van der Waals surface area contributed by atoms with Crippen molar-refractivity contribution in [1.29, 1.82) is 0 Å². The summed E-state index contributed by atoms with van der Waals surface area (Å²) in [5, 5.41) is 4.13. The fraction of sp³-hybridized carbons (Fsp3) is 0.389. The van der Waals surface area contributed by atoms with Crippen LogP contribution in [-0.4, -0.2) is 29.2 Å². The highest BCUT2D eigenvalue weighted by atomic mass is 16.5. The molecule has 2 heterocycles. The van der Waals surface area contributed by atoms with Crippen molar-refractivity contribution in [2.45, 2.75) is 41.5 Å². The van der Waals surface area contributed by atoms with Crippen LogP contribution in [-0.2, 0) is 4.74 Å². The number of nitrogens with one attached hydrogen (secondary N) is 2. The van der Waals surface area contributed by atoms with Crippen LogP contribution in [0, 0.1) is 27.7 Å². The van der Waals surface area contributed by atoms with Crippen molar-refractivity contribution in [2.24, 2.45) is 5.10 Å². The molecule has 0 bridgehead atoms. The summed E-state index contributed by atoms with van der Waals surface area (Å²) < 4.78 is 10.4. The molecule has 0 saturated heterocycles. The quantitative estimate of drug-likeness (QED) is 0.494. The molecule has 0 unspecified atom stereocenters. The van der Waals surface area contributed by atoms with E-state index in [0.29, 0.717) is 46.4 Å². The molecule has 0 spiro atoms. The predicted molar refractivity (Wildman–Crippen MR) is 94.1 cm³/mol. The van der Waals surface area contributed by atoms with E-state index in [0.717, 1.165) is 5.56 Å². The molecule has 0 fully saturated rings. The smallest absolute Gasteiger partial charge is 0.340 e. The summed E-state index contributed by atoms with van der Waals surface area (Å²) >= 11 is 0. The SMILES string of the molecule is CCOC(=O)c1c(C)[nH]c(C(C)=NNC(=O)c2cc(C)oc2C)c1C. The van der Waals surface area contributed by atoms with Crippen LogP contribution in [0.15, 0.2) is 15.6 Å². The van der Waals surface area contributed by atoms with Gasteiger partial charge in [0, 0.05) is 5.69 Å². The highest BCUT2D eigenvalue weighted by Crippen LogP contribution is 2.20. The van der Waals surface area contributed by atoms with Crippen molar-refractivity contribution in [3.05, 3.63) is 45.7 Å². The van der Waals surface area contributed by atoms with E-state index in [4.69, 9.17) is 9.15 Å². The van der Waals surface area contributed by atoms with Crippen LogP contribution in [0.25, 0.3) is 0 Å². The number of esters is 1. The van der Waals surface area contributed by atoms with Gasteiger partial charge in [0.1, 0.15) is 11.5 Å². The van der Waals surface area contributed by atoms with Gasteiger partial charge >= 0.3 is 5.97 Å². The third kappa shape index (κ3) is 3.81. The fourth-order valence-electron chi connectivity index (χ4n) is 2.73. The maximum Gasteiger partial charge on any atom is 0.340 e. The highest BCUT2D eigenvalue weighted by Gasteiger charge is 2.20. The van der Waals surface area contributed by atoms with Crippen LogP contribution in [0.5, 0.6) is 0 Å². The lowest BCUT2D eigenvalue weighted by atomic mass is 10.1. The van der Waals surface area contributed by atoms with E-state index in [1.807, 2.05) is 6.92 Å². The lowest BCUT2D eigenvalue weighted by Gasteiger charge is -2.03. The number of ether oxygens (including phenoxy) is 1. The van der Waals surface area contributed by atoms with E-state index in [1.54, 1.807) is 40.7 Å². The molecule has 7 heteroatoms. The van der Waals surface area contributed by atoms with Gasteiger partial charge in [0.25, 0.3) is 5.91 Å². The van der Waals surface area contributed by atoms with E-state index in [-0.39, 0.29) is 11.9 Å². The first-order valence-electron chi connectivity index (χ1n) is 8.04. The van der Waals surface area contributed by atoms with E-state index in [2.05, 4.69) is 15.5 Å². The maximum absolute atomic E-state index is 12.2. The van der Waals surface area contributed by atoms with Crippen molar-refractivity contribution >= 4 is 17.6 Å². The van der Waals surface area contributed by atoms with Gasteiger partial charge in [-0.3, -0.25) is 4.79 Å². The maximum atomic E-state index is 12.2.